The molecule has 2 atom stereocenters. The standard InChI is InChI=1S/C27H35N7O2.HI.2H2/c1-17(2)25(29)33-16-19(10-13-24(33)28)36-23-12-11-22(20-8-6-7-9-21(20)23)32-26(35)31-18-14-30-34(15-18)27(3,4)5;;;/h6-10,13-17,22-23,28-29H,11-12H2,1-5H3,(H2,31,32,35);3*1H/t22-,23-;;;/m0.../s1. The van der Waals surface area contributed by atoms with Crippen LogP contribution in [0.25, 0.3) is 0 Å². The van der Waals surface area contributed by atoms with E-state index in [4.69, 9.17) is 15.6 Å². The Morgan fingerprint density at radius 1 is 1.14 bits per heavy atom. The van der Waals surface area contributed by atoms with Crippen molar-refractivity contribution in [3.05, 3.63) is 71.6 Å². The Bertz CT molecular complexity index is 1330. The quantitative estimate of drug-likeness (QED) is 0.152. The minimum Gasteiger partial charge on any atom is -0.484 e. The van der Waals surface area contributed by atoms with Crippen LogP contribution in [0.15, 0.2) is 55.0 Å². The highest BCUT2D eigenvalue weighted by Crippen LogP contribution is 2.38. The van der Waals surface area contributed by atoms with Crippen molar-refractivity contribution in [3.63, 3.8) is 0 Å². The highest BCUT2D eigenvalue weighted by Gasteiger charge is 2.29. The van der Waals surface area contributed by atoms with Crippen LogP contribution >= 0.6 is 24.0 Å². The van der Waals surface area contributed by atoms with Crippen LogP contribution in [0, 0.1) is 16.7 Å². The molecule has 0 aliphatic heterocycles. The van der Waals surface area contributed by atoms with Crippen molar-refractivity contribution in [1.82, 2.24) is 19.7 Å². The topological polar surface area (TPSA) is 121 Å². The zero-order valence-electron chi connectivity index (χ0n) is 21.9. The van der Waals surface area contributed by atoms with Gasteiger partial charge in [0.1, 0.15) is 23.2 Å². The first-order valence-corrected chi connectivity index (χ1v) is 12.3. The highest BCUT2D eigenvalue weighted by atomic mass is 127. The normalized spacial score (nSPS) is 16.9. The van der Waals surface area contributed by atoms with Gasteiger partial charge >= 0.3 is 6.03 Å². The molecule has 202 valence electrons. The second kappa shape index (κ2) is 11.5. The molecule has 4 N–H and O–H groups in total. The number of hydrogen-bond donors (Lipinski definition) is 4. The van der Waals surface area contributed by atoms with Crippen molar-refractivity contribution in [2.45, 2.75) is 65.1 Å². The van der Waals surface area contributed by atoms with Crippen LogP contribution in [0.5, 0.6) is 5.75 Å². The number of aromatic nitrogens is 3. The number of carbonyl (C=O) groups excluding carboxylic acids is 1. The van der Waals surface area contributed by atoms with Gasteiger partial charge in [0.05, 0.1) is 29.7 Å². The van der Waals surface area contributed by atoms with E-state index in [1.165, 1.54) is 0 Å². The zero-order valence-corrected chi connectivity index (χ0v) is 24.2. The molecule has 0 radical (unpaired) electrons. The molecule has 4 rings (SSSR count). The van der Waals surface area contributed by atoms with Gasteiger partial charge in [-0.05, 0) is 56.9 Å². The molecular formula is C27H40IN7O2. The van der Waals surface area contributed by atoms with Crippen molar-refractivity contribution in [3.8, 4) is 5.75 Å². The van der Waals surface area contributed by atoms with Gasteiger partial charge in [0.2, 0.25) is 0 Å². The Morgan fingerprint density at radius 3 is 2.49 bits per heavy atom. The zero-order chi connectivity index (χ0) is 26.0. The molecular weight excluding hydrogens is 581 g/mol. The van der Waals surface area contributed by atoms with E-state index in [-0.39, 0.29) is 62.0 Å². The predicted octanol–water partition coefficient (Wildman–Crippen LogP) is 6.29. The molecule has 10 heteroatoms. The first kappa shape index (κ1) is 28.4. The molecule has 3 aromatic rings. The van der Waals surface area contributed by atoms with E-state index in [0.29, 0.717) is 30.1 Å². The lowest BCUT2D eigenvalue weighted by Gasteiger charge is -2.32. The van der Waals surface area contributed by atoms with Gasteiger partial charge < -0.3 is 15.4 Å². The summed E-state index contributed by atoms with van der Waals surface area (Å²) in [5.41, 5.74) is 2.77. The fourth-order valence-electron chi connectivity index (χ4n) is 4.30. The van der Waals surface area contributed by atoms with Crippen LogP contribution in [0.4, 0.5) is 10.5 Å². The van der Waals surface area contributed by atoms with Crippen LogP contribution in [-0.4, -0.2) is 26.2 Å². The molecule has 2 aromatic heterocycles. The summed E-state index contributed by atoms with van der Waals surface area (Å²) in [4.78, 5) is 12.8. The molecule has 37 heavy (non-hydrogen) atoms. The monoisotopic (exact) mass is 621 g/mol. The van der Waals surface area contributed by atoms with Crippen molar-refractivity contribution in [2.75, 3.05) is 5.32 Å². The summed E-state index contributed by atoms with van der Waals surface area (Å²) in [5, 5.41) is 26.8. The van der Waals surface area contributed by atoms with E-state index in [1.807, 2.05) is 49.0 Å². The molecule has 0 fully saturated rings. The summed E-state index contributed by atoms with van der Waals surface area (Å²) < 4.78 is 9.72. The van der Waals surface area contributed by atoms with Gasteiger partial charge in [-0.2, -0.15) is 5.10 Å². The maximum atomic E-state index is 12.8. The molecule has 2 amide bonds. The van der Waals surface area contributed by atoms with E-state index in [9.17, 15) is 4.79 Å². The lowest BCUT2D eigenvalue weighted by Crippen LogP contribution is -2.35. The van der Waals surface area contributed by atoms with Crippen molar-refractivity contribution < 1.29 is 12.4 Å². The van der Waals surface area contributed by atoms with Gasteiger partial charge in [-0.1, -0.05) is 38.1 Å². The summed E-state index contributed by atoms with van der Waals surface area (Å²) in [6, 6.07) is 11.0. The summed E-state index contributed by atoms with van der Waals surface area (Å²) >= 11 is 0. The number of ether oxygens (including phenoxy) is 1. The summed E-state index contributed by atoms with van der Waals surface area (Å²) in [6.07, 6.45) is 6.43. The third kappa shape index (κ3) is 6.60. The fourth-order valence-corrected chi connectivity index (χ4v) is 4.30. The molecule has 0 spiro atoms. The Balaban J connectivity index is 0.00000253. The fraction of sp³-hybridized carbons (Fsp3) is 0.407. The number of benzene rings is 1. The van der Waals surface area contributed by atoms with Crippen molar-refractivity contribution >= 4 is 41.5 Å². The van der Waals surface area contributed by atoms with Gasteiger partial charge in [-0.3, -0.25) is 20.1 Å². The first-order valence-electron chi connectivity index (χ1n) is 12.3. The largest absolute Gasteiger partial charge is 0.484 e. The number of pyridine rings is 1. The number of nitrogens with one attached hydrogen (secondary N) is 4. The van der Waals surface area contributed by atoms with Gasteiger partial charge in [0, 0.05) is 15.0 Å². The lowest BCUT2D eigenvalue weighted by molar-refractivity contribution is 0.171. The molecule has 0 saturated carbocycles. The summed E-state index contributed by atoms with van der Waals surface area (Å²) in [6.45, 7) is 10.0. The van der Waals surface area contributed by atoms with Gasteiger partial charge in [-0.15, -0.1) is 24.0 Å². The Kier molecular flexibility index (Phi) is 8.83. The van der Waals surface area contributed by atoms with Crippen LogP contribution in [-0.2, 0) is 5.54 Å². The maximum absolute atomic E-state index is 12.8. The van der Waals surface area contributed by atoms with E-state index < -0.39 is 0 Å². The number of rotatable bonds is 5. The average Bonchev–Trinajstić information content (AvgIpc) is 3.30. The highest BCUT2D eigenvalue weighted by molar-refractivity contribution is 14.0. The number of anilines is 1. The number of fused-ring (bicyclic) bond motifs is 1. The molecule has 1 aliphatic rings. The van der Waals surface area contributed by atoms with Crippen LogP contribution in [0.3, 0.4) is 0 Å². The SMILES string of the molecule is CC(C)C(=N)n1cc(O[C@H]2CC[C@H](NC(=O)Nc3cnn(C(C)(C)C)c3)c3ccccc32)ccc1=N.I.[HH].[HH]. The number of nitrogens with zero attached hydrogens (tertiary/aromatic N) is 3. The molecule has 1 aliphatic carbocycles. The third-order valence-corrected chi connectivity index (χ3v) is 6.28. The maximum Gasteiger partial charge on any atom is 0.319 e. The first-order chi connectivity index (χ1) is 17.0. The van der Waals surface area contributed by atoms with E-state index in [1.54, 1.807) is 29.1 Å². The average molecular weight is 622 g/mol. The van der Waals surface area contributed by atoms with Crippen LogP contribution in [0.1, 0.15) is 73.6 Å². The molecule has 2 heterocycles. The predicted molar refractivity (Wildman–Crippen MR) is 159 cm³/mol. The number of hydrogen-bond acceptors (Lipinski definition) is 5. The minimum atomic E-state index is -0.276. The van der Waals surface area contributed by atoms with Gasteiger partial charge in [0.25, 0.3) is 0 Å². The number of carbonyl (C=O) groups is 1. The number of halogens is 1. The molecule has 0 unspecified atom stereocenters. The summed E-state index contributed by atoms with van der Waals surface area (Å²) in [7, 11) is 0. The Labute approximate surface area is 237 Å². The Morgan fingerprint density at radius 2 is 1.84 bits per heavy atom. The molecule has 0 bridgehead atoms. The van der Waals surface area contributed by atoms with Crippen molar-refractivity contribution in [1.29, 1.82) is 10.8 Å². The van der Waals surface area contributed by atoms with E-state index in [0.717, 1.165) is 11.1 Å². The van der Waals surface area contributed by atoms with E-state index in [2.05, 4.69) is 36.5 Å². The van der Waals surface area contributed by atoms with E-state index >= 15 is 0 Å². The van der Waals surface area contributed by atoms with Crippen LogP contribution < -0.4 is 20.9 Å². The van der Waals surface area contributed by atoms with Crippen LogP contribution in [0.2, 0.25) is 0 Å². The van der Waals surface area contributed by atoms with Gasteiger partial charge in [0.15, 0.2) is 0 Å². The lowest BCUT2D eigenvalue weighted by atomic mass is 9.85. The Hall–Kier alpha value is -3.15. The third-order valence-electron chi connectivity index (χ3n) is 6.28. The smallest absolute Gasteiger partial charge is 0.319 e. The molecule has 1 aromatic carbocycles. The molecule has 0 saturated heterocycles. The number of amides is 2. The minimum absolute atomic E-state index is 0. The number of urea groups is 1. The summed E-state index contributed by atoms with van der Waals surface area (Å²) in [5.74, 6) is 0.944. The molecule has 9 nitrogen and oxygen atoms in total. The van der Waals surface area contributed by atoms with Crippen molar-refractivity contribution in [2.24, 2.45) is 5.92 Å². The second-order valence-electron chi connectivity index (χ2n) is 10.5. The van der Waals surface area contributed by atoms with Gasteiger partial charge in [-0.25, -0.2) is 4.79 Å². The second-order valence-corrected chi connectivity index (χ2v) is 10.5.